The zero-order valence-electron chi connectivity index (χ0n) is 16.7. The van der Waals surface area contributed by atoms with Crippen molar-refractivity contribution in [3.05, 3.63) is 59.4 Å². The van der Waals surface area contributed by atoms with E-state index in [0.29, 0.717) is 25.3 Å². The van der Waals surface area contributed by atoms with Crippen LogP contribution in [0.15, 0.2) is 36.5 Å². The van der Waals surface area contributed by atoms with Gasteiger partial charge in [-0.25, -0.2) is 8.78 Å². The van der Waals surface area contributed by atoms with Crippen LogP contribution in [0.5, 0.6) is 0 Å². The van der Waals surface area contributed by atoms with Crippen LogP contribution < -0.4 is 0 Å². The first kappa shape index (κ1) is 19.7. The first-order valence-electron chi connectivity index (χ1n) is 10.3. The molecule has 0 aliphatic carbocycles. The summed E-state index contributed by atoms with van der Waals surface area (Å²) in [5.74, 6) is -2.59. The fourth-order valence-electron chi connectivity index (χ4n) is 4.61. The highest BCUT2D eigenvalue weighted by Gasteiger charge is 2.28. The number of ether oxygens (including phenoxy) is 1. The molecule has 0 atom stereocenters. The van der Waals surface area contributed by atoms with Crippen LogP contribution in [-0.2, 0) is 16.0 Å². The Labute approximate surface area is 176 Å². The molecule has 1 aliphatic rings. The fraction of sp³-hybridized carbons (Fsp3) is 0.304. The number of rotatable bonds is 5. The number of H-pyrrole nitrogens is 1. The van der Waals surface area contributed by atoms with Crippen molar-refractivity contribution in [1.29, 1.82) is 0 Å². The second kappa shape index (κ2) is 7.77. The molecule has 6 nitrogen and oxygen atoms in total. The van der Waals surface area contributed by atoms with Crippen molar-refractivity contribution in [2.45, 2.75) is 31.6 Å². The lowest BCUT2D eigenvalue weighted by Gasteiger charge is -2.25. The number of carboxylic acid groups (broad SMARTS) is 1. The summed E-state index contributed by atoms with van der Waals surface area (Å²) in [5.41, 5.74) is 4.04. The van der Waals surface area contributed by atoms with Gasteiger partial charge in [0.25, 0.3) is 0 Å². The molecule has 2 aromatic heterocycles. The first-order valence-corrected chi connectivity index (χ1v) is 10.3. The number of hydrogen-bond acceptors (Lipinski definition) is 3. The standard InChI is InChI=1S/C23H21F2N3O3/c24-18-3-1-15(10-19(18)25)28-21-9-14-12-26-27-20(14)11-17(21)16(2-4-22(29)30)23(28)13-5-7-31-8-6-13/h1,3,9-13H,2,4-8H2,(H,26,27)(H,29,30). The third kappa shape index (κ3) is 3.46. The van der Waals surface area contributed by atoms with Gasteiger partial charge in [-0.1, -0.05) is 0 Å². The van der Waals surface area contributed by atoms with Gasteiger partial charge < -0.3 is 14.4 Å². The maximum Gasteiger partial charge on any atom is 0.303 e. The van der Waals surface area contributed by atoms with Crippen LogP contribution >= 0.6 is 0 Å². The number of halogens is 2. The highest BCUT2D eigenvalue weighted by Crippen LogP contribution is 2.40. The van der Waals surface area contributed by atoms with E-state index in [1.54, 1.807) is 12.3 Å². The van der Waals surface area contributed by atoms with Gasteiger partial charge in [0.05, 0.1) is 17.2 Å². The lowest BCUT2D eigenvalue weighted by atomic mass is 9.91. The number of carbonyl (C=O) groups is 1. The molecule has 4 aromatic rings. The third-order valence-electron chi connectivity index (χ3n) is 6.03. The summed E-state index contributed by atoms with van der Waals surface area (Å²) in [6.07, 6.45) is 3.59. The number of nitrogens with zero attached hydrogens (tertiary/aromatic N) is 2. The summed E-state index contributed by atoms with van der Waals surface area (Å²) in [6.45, 7) is 1.21. The zero-order valence-corrected chi connectivity index (χ0v) is 16.7. The van der Waals surface area contributed by atoms with Gasteiger partial charge in [-0.05, 0) is 49.1 Å². The molecule has 0 saturated carbocycles. The third-order valence-corrected chi connectivity index (χ3v) is 6.03. The Morgan fingerprint density at radius 1 is 1.19 bits per heavy atom. The molecule has 5 rings (SSSR count). The number of fused-ring (bicyclic) bond motifs is 2. The Morgan fingerprint density at radius 2 is 2.00 bits per heavy atom. The van der Waals surface area contributed by atoms with Gasteiger partial charge in [0.15, 0.2) is 11.6 Å². The molecule has 2 N–H and O–H groups in total. The van der Waals surface area contributed by atoms with Crippen LogP contribution in [0.1, 0.15) is 36.4 Å². The number of aromatic amines is 1. The van der Waals surface area contributed by atoms with E-state index < -0.39 is 17.6 Å². The van der Waals surface area contributed by atoms with Crippen molar-refractivity contribution in [2.75, 3.05) is 13.2 Å². The topological polar surface area (TPSA) is 80.1 Å². The maximum atomic E-state index is 14.2. The molecule has 8 heteroatoms. The largest absolute Gasteiger partial charge is 0.481 e. The molecule has 0 radical (unpaired) electrons. The molecule has 31 heavy (non-hydrogen) atoms. The highest BCUT2D eigenvalue weighted by atomic mass is 19.2. The maximum absolute atomic E-state index is 14.2. The molecule has 0 unspecified atom stereocenters. The SMILES string of the molecule is O=C(O)CCc1c(C2CCOCC2)n(-c2ccc(F)c(F)c2)c2cc3cn[nH]c3cc12. The van der Waals surface area contributed by atoms with Crippen LogP contribution in [0.4, 0.5) is 8.78 Å². The molecule has 1 aliphatic heterocycles. The molecule has 3 heterocycles. The molecule has 1 fully saturated rings. The summed E-state index contributed by atoms with van der Waals surface area (Å²) >= 11 is 0. The van der Waals surface area contributed by atoms with Crippen LogP contribution in [0.2, 0.25) is 0 Å². The Hall–Kier alpha value is -3.26. The van der Waals surface area contributed by atoms with Crippen LogP contribution in [0, 0.1) is 11.6 Å². The summed E-state index contributed by atoms with van der Waals surface area (Å²) in [5, 5.41) is 18.2. The number of hydrogen-bond donors (Lipinski definition) is 2. The van der Waals surface area contributed by atoms with Crippen molar-refractivity contribution in [2.24, 2.45) is 0 Å². The summed E-state index contributed by atoms with van der Waals surface area (Å²) in [6, 6.07) is 7.80. The van der Waals surface area contributed by atoms with Crippen LogP contribution in [0.25, 0.3) is 27.5 Å². The lowest BCUT2D eigenvalue weighted by Crippen LogP contribution is -2.18. The molecule has 160 valence electrons. The zero-order chi connectivity index (χ0) is 21.5. The fourth-order valence-corrected chi connectivity index (χ4v) is 4.61. The van der Waals surface area contributed by atoms with E-state index in [-0.39, 0.29) is 12.3 Å². The van der Waals surface area contributed by atoms with Gasteiger partial charge in [-0.2, -0.15) is 5.10 Å². The minimum atomic E-state index is -0.922. The van der Waals surface area contributed by atoms with Crippen LogP contribution in [-0.4, -0.2) is 39.1 Å². The second-order valence-corrected chi connectivity index (χ2v) is 7.90. The molecule has 1 saturated heterocycles. The number of carboxylic acids is 1. The van der Waals surface area contributed by atoms with Gasteiger partial charge in [0.1, 0.15) is 0 Å². The van der Waals surface area contributed by atoms with Gasteiger partial charge in [0, 0.05) is 53.8 Å². The molecular formula is C23H21F2N3O3. The van der Waals surface area contributed by atoms with Crippen molar-refractivity contribution >= 4 is 27.8 Å². The molecule has 0 bridgehead atoms. The van der Waals surface area contributed by atoms with E-state index in [1.807, 2.05) is 16.7 Å². The van der Waals surface area contributed by atoms with Crippen LogP contribution in [0.3, 0.4) is 0 Å². The van der Waals surface area contributed by atoms with Crippen molar-refractivity contribution < 1.29 is 23.4 Å². The number of nitrogens with one attached hydrogen (secondary N) is 1. The van der Waals surface area contributed by atoms with E-state index >= 15 is 0 Å². The first-order chi connectivity index (χ1) is 15.0. The Kier molecular flexibility index (Phi) is 4.94. The average Bonchev–Trinajstić information content (AvgIpc) is 3.35. The molecule has 2 aromatic carbocycles. The number of aromatic nitrogens is 3. The van der Waals surface area contributed by atoms with Gasteiger partial charge in [-0.3, -0.25) is 9.89 Å². The normalized spacial score (nSPS) is 15.2. The predicted octanol–water partition coefficient (Wildman–Crippen LogP) is 4.70. The quantitative estimate of drug-likeness (QED) is 0.486. The molecule has 0 amide bonds. The monoisotopic (exact) mass is 425 g/mol. The van der Waals surface area contributed by atoms with Crippen molar-refractivity contribution in [3.63, 3.8) is 0 Å². The predicted molar refractivity (Wildman–Crippen MR) is 112 cm³/mol. The summed E-state index contributed by atoms with van der Waals surface area (Å²) in [7, 11) is 0. The summed E-state index contributed by atoms with van der Waals surface area (Å²) < 4.78 is 35.4. The lowest BCUT2D eigenvalue weighted by molar-refractivity contribution is -0.136. The van der Waals surface area contributed by atoms with E-state index in [1.165, 1.54) is 6.07 Å². The molecule has 0 spiro atoms. The van der Waals surface area contributed by atoms with Crippen molar-refractivity contribution in [1.82, 2.24) is 14.8 Å². The van der Waals surface area contributed by atoms with E-state index in [4.69, 9.17) is 4.74 Å². The highest BCUT2D eigenvalue weighted by molar-refractivity contribution is 5.98. The Balaban J connectivity index is 1.83. The average molecular weight is 425 g/mol. The van der Waals surface area contributed by atoms with Gasteiger partial charge >= 0.3 is 5.97 Å². The number of aliphatic carboxylic acids is 1. The van der Waals surface area contributed by atoms with E-state index in [2.05, 4.69) is 10.2 Å². The Morgan fingerprint density at radius 3 is 2.74 bits per heavy atom. The smallest absolute Gasteiger partial charge is 0.303 e. The second-order valence-electron chi connectivity index (χ2n) is 7.90. The minimum Gasteiger partial charge on any atom is -0.481 e. The summed E-state index contributed by atoms with van der Waals surface area (Å²) in [4.78, 5) is 11.4. The minimum absolute atomic E-state index is 0.0197. The van der Waals surface area contributed by atoms with E-state index in [0.717, 1.165) is 52.0 Å². The molecular weight excluding hydrogens is 404 g/mol. The van der Waals surface area contributed by atoms with Gasteiger partial charge in [-0.15, -0.1) is 0 Å². The van der Waals surface area contributed by atoms with Gasteiger partial charge in [0.2, 0.25) is 0 Å². The number of benzene rings is 2. The number of aryl methyl sites for hydroxylation is 1. The van der Waals surface area contributed by atoms with E-state index in [9.17, 15) is 18.7 Å². The van der Waals surface area contributed by atoms with Crippen molar-refractivity contribution in [3.8, 4) is 5.69 Å². The Bertz CT molecular complexity index is 1290.